The first kappa shape index (κ1) is 11.3. The van der Waals surface area contributed by atoms with Gasteiger partial charge in [-0.2, -0.15) is 0 Å². The number of aromatic nitrogens is 2. The van der Waals surface area contributed by atoms with E-state index in [1.807, 2.05) is 7.05 Å². The number of anilines is 1. The molecule has 1 unspecified atom stereocenters. The molecule has 0 amide bonds. The van der Waals surface area contributed by atoms with Crippen molar-refractivity contribution in [3.63, 3.8) is 0 Å². The average Bonchev–Trinajstić information content (AvgIpc) is 2.76. The molecule has 2 N–H and O–H groups in total. The molecular formula is C10H18N4O2. The van der Waals surface area contributed by atoms with E-state index in [2.05, 4.69) is 20.8 Å². The van der Waals surface area contributed by atoms with E-state index in [1.165, 1.54) is 6.42 Å². The Morgan fingerprint density at radius 2 is 2.38 bits per heavy atom. The van der Waals surface area contributed by atoms with Gasteiger partial charge in [-0.25, -0.2) is 0 Å². The molecule has 1 aromatic rings. The zero-order chi connectivity index (χ0) is 11.2. The lowest BCUT2D eigenvalue weighted by atomic mass is 10.0. The van der Waals surface area contributed by atoms with Crippen LogP contribution < -0.4 is 10.6 Å². The Balaban J connectivity index is 1.75. The van der Waals surface area contributed by atoms with E-state index in [0.29, 0.717) is 24.4 Å². The van der Waals surface area contributed by atoms with Crippen LogP contribution in [0.3, 0.4) is 0 Å². The van der Waals surface area contributed by atoms with Crippen LogP contribution in [0.2, 0.25) is 0 Å². The van der Waals surface area contributed by atoms with Gasteiger partial charge in [0.2, 0.25) is 5.89 Å². The van der Waals surface area contributed by atoms with Gasteiger partial charge >= 0.3 is 6.01 Å². The second-order valence-corrected chi connectivity index (χ2v) is 4.00. The second-order valence-electron chi connectivity index (χ2n) is 4.00. The van der Waals surface area contributed by atoms with Crippen molar-refractivity contribution in [1.82, 2.24) is 15.5 Å². The van der Waals surface area contributed by atoms with Gasteiger partial charge in [0, 0.05) is 13.2 Å². The van der Waals surface area contributed by atoms with Crippen molar-refractivity contribution in [3.05, 3.63) is 5.89 Å². The summed E-state index contributed by atoms with van der Waals surface area (Å²) < 4.78 is 10.8. The maximum Gasteiger partial charge on any atom is 0.315 e. The van der Waals surface area contributed by atoms with Crippen molar-refractivity contribution in [2.75, 3.05) is 32.1 Å². The standard InChI is InChI=1S/C10H18N4O2/c1-11-6-9-13-14-10(16-9)12-5-8-3-2-4-15-7-8/h8,11H,2-7H2,1H3,(H,12,14). The van der Waals surface area contributed by atoms with Gasteiger partial charge in [-0.1, -0.05) is 5.10 Å². The van der Waals surface area contributed by atoms with Crippen molar-refractivity contribution >= 4 is 6.01 Å². The molecule has 1 atom stereocenters. The highest BCUT2D eigenvalue weighted by Gasteiger charge is 2.14. The van der Waals surface area contributed by atoms with Gasteiger partial charge in [-0.05, 0) is 25.8 Å². The molecule has 2 rings (SSSR count). The molecule has 0 radical (unpaired) electrons. The molecular weight excluding hydrogens is 208 g/mol. The minimum absolute atomic E-state index is 0.496. The molecule has 1 aliphatic heterocycles. The van der Waals surface area contributed by atoms with Gasteiger partial charge in [-0.15, -0.1) is 5.10 Å². The molecule has 6 nitrogen and oxygen atoms in total. The minimum Gasteiger partial charge on any atom is -0.407 e. The summed E-state index contributed by atoms with van der Waals surface area (Å²) >= 11 is 0. The molecule has 0 aliphatic carbocycles. The van der Waals surface area contributed by atoms with Crippen LogP contribution in [0.4, 0.5) is 6.01 Å². The van der Waals surface area contributed by atoms with E-state index in [9.17, 15) is 0 Å². The summed E-state index contributed by atoms with van der Waals surface area (Å²) in [6, 6.07) is 0.496. The van der Waals surface area contributed by atoms with E-state index >= 15 is 0 Å². The Morgan fingerprint density at radius 3 is 3.12 bits per heavy atom. The Hall–Kier alpha value is -1.14. The molecule has 2 heterocycles. The fourth-order valence-corrected chi connectivity index (χ4v) is 1.75. The van der Waals surface area contributed by atoms with Crippen molar-refractivity contribution in [3.8, 4) is 0 Å². The lowest BCUT2D eigenvalue weighted by Gasteiger charge is -2.21. The van der Waals surface area contributed by atoms with Gasteiger partial charge in [0.25, 0.3) is 0 Å². The first-order valence-corrected chi connectivity index (χ1v) is 5.67. The average molecular weight is 226 g/mol. The van der Waals surface area contributed by atoms with Gasteiger partial charge < -0.3 is 19.8 Å². The summed E-state index contributed by atoms with van der Waals surface area (Å²) in [6.45, 7) is 3.15. The number of nitrogens with one attached hydrogen (secondary N) is 2. The van der Waals surface area contributed by atoms with E-state index in [1.54, 1.807) is 0 Å². The Kier molecular flexibility index (Phi) is 4.12. The minimum atomic E-state index is 0.496. The smallest absolute Gasteiger partial charge is 0.315 e. The quantitative estimate of drug-likeness (QED) is 0.767. The summed E-state index contributed by atoms with van der Waals surface area (Å²) in [5.74, 6) is 1.15. The van der Waals surface area contributed by atoms with Gasteiger partial charge in [0.1, 0.15) is 0 Å². The van der Waals surface area contributed by atoms with E-state index in [-0.39, 0.29) is 0 Å². The van der Waals surface area contributed by atoms with Gasteiger partial charge in [-0.3, -0.25) is 0 Å². The topological polar surface area (TPSA) is 72.2 Å². The number of rotatable bonds is 5. The SMILES string of the molecule is CNCc1nnc(NCC2CCCOC2)o1. The van der Waals surface area contributed by atoms with Gasteiger partial charge in [0.05, 0.1) is 13.2 Å². The third-order valence-electron chi connectivity index (χ3n) is 2.59. The second kappa shape index (κ2) is 5.81. The van der Waals surface area contributed by atoms with Gasteiger partial charge in [0.15, 0.2) is 0 Å². The van der Waals surface area contributed by atoms with Crippen molar-refractivity contribution < 1.29 is 9.15 Å². The zero-order valence-corrected chi connectivity index (χ0v) is 9.53. The highest BCUT2D eigenvalue weighted by molar-refractivity contribution is 5.16. The molecule has 0 bridgehead atoms. The normalized spacial score (nSPS) is 20.9. The van der Waals surface area contributed by atoms with E-state index in [4.69, 9.17) is 9.15 Å². The largest absolute Gasteiger partial charge is 0.407 e. The predicted octanol–water partition coefficient (Wildman–Crippen LogP) is 0.627. The summed E-state index contributed by atoms with van der Waals surface area (Å²) in [6.07, 6.45) is 2.34. The summed E-state index contributed by atoms with van der Waals surface area (Å²) in [5.41, 5.74) is 0. The number of ether oxygens (including phenoxy) is 1. The van der Waals surface area contributed by atoms with Crippen LogP contribution >= 0.6 is 0 Å². The van der Waals surface area contributed by atoms with Crippen LogP contribution in [0.1, 0.15) is 18.7 Å². The third kappa shape index (κ3) is 3.18. The Morgan fingerprint density at radius 1 is 1.44 bits per heavy atom. The molecule has 6 heteroatoms. The molecule has 16 heavy (non-hydrogen) atoms. The lowest BCUT2D eigenvalue weighted by molar-refractivity contribution is 0.0593. The molecule has 1 fully saturated rings. The third-order valence-corrected chi connectivity index (χ3v) is 2.59. The van der Waals surface area contributed by atoms with Crippen molar-refractivity contribution in [1.29, 1.82) is 0 Å². The maximum absolute atomic E-state index is 5.40. The first-order chi connectivity index (χ1) is 7.88. The highest BCUT2D eigenvalue weighted by atomic mass is 16.5. The molecule has 1 aromatic heterocycles. The predicted molar refractivity (Wildman–Crippen MR) is 59.1 cm³/mol. The zero-order valence-electron chi connectivity index (χ0n) is 9.53. The summed E-state index contributed by atoms with van der Waals surface area (Å²) in [5, 5.41) is 13.9. The molecule has 1 saturated heterocycles. The fraction of sp³-hybridized carbons (Fsp3) is 0.800. The Labute approximate surface area is 94.8 Å². The molecule has 0 saturated carbocycles. The van der Waals surface area contributed by atoms with Crippen LogP contribution in [-0.2, 0) is 11.3 Å². The van der Waals surface area contributed by atoms with Crippen LogP contribution in [0.5, 0.6) is 0 Å². The summed E-state index contributed by atoms with van der Waals surface area (Å²) in [7, 11) is 1.84. The number of hydrogen-bond donors (Lipinski definition) is 2. The van der Waals surface area contributed by atoms with E-state index < -0.39 is 0 Å². The molecule has 0 spiro atoms. The molecule has 1 aliphatic rings. The Bertz CT molecular complexity index is 310. The maximum atomic E-state index is 5.40. The molecule has 90 valence electrons. The van der Waals surface area contributed by atoms with Crippen LogP contribution in [0.25, 0.3) is 0 Å². The van der Waals surface area contributed by atoms with Crippen molar-refractivity contribution in [2.45, 2.75) is 19.4 Å². The molecule has 0 aromatic carbocycles. The number of nitrogens with zero attached hydrogens (tertiary/aromatic N) is 2. The van der Waals surface area contributed by atoms with Crippen LogP contribution in [0, 0.1) is 5.92 Å². The number of hydrogen-bond acceptors (Lipinski definition) is 6. The highest BCUT2D eigenvalue weighted by Crippen LogP contribution is 2.14. The van der Waals surface area contributed by atoms with Crippen LogP contribution in [0.15, 0.2) is 4.42 Å². The first-order valence-electron chi connectivity index (χ1n) is 5.67. The van der Waals surface area contributed by atoms with Crippen molar-refractivity contribution in [2.24, 2.45) is 5.92 Å². The van der Waals surface area contributed by atoms with Crippen LogP contribution in [-0.4, -0.2) is 37.0 Å². The monoisotopic (exact) mass is 226 g/mol. The van der Waals surface area contributed by atoms with E-state index in [0.717, 1.165) is 26.2 Å². The lowest BCUT2D eigenvalue weighted by Crippen LogP contribution is -2.24. The summed E-state index contributed by atoms with van der Waals surface area (Å²) in [4.78, 5) is 0. The fourth-order valence-electron chi connectivity index (χ4n) is 1.75.